The molecule has 1 N–H and O–H groups in total. The van der Waals surface area contributed by atoms with Gasteiger partial charge in [-0.05, 0) is 54.6 Å². The van der Waals surface area contributed by atoms with E-state index < -0.39 is 17.7 Å². The maximum Gasteiger partial charge on any atom is 0.301 e. The van der Waals surface area contributed by atoms with Gasteiger partial charge in [-0.2, -0.15) is 0 Å². The van der Waals surface area contributed by atoms with Crippen molar-refractivity contribution in [2.75, 3.05) is 12.0 Å². The molecular weight excluding hydrogens is 456 g/mol. The van der Waals surface area contributed by atoms with E-state index in [1.807, 2.05) is 43.5 Å². The predicted octanol–water partition coefficient (Wildman–Crippen LogP) is 5.61. The number of hydrogen-bond donors (Lipinski definition) is 1. The molecule has 1 aliphatic heterocycles. The van der Waals surface area contributed by atoms with Gasteiger partial charge in [0.05, 0.1) is 22.9 Å². The lowest BCUT2D eigenvalue weighted by molar-refractivity contribution is -0.132. The molecule has 2 aromatic heterocycles. The summed E-state index contributed by atoms with van der Waals surface area (Å²) in [6.45, 7) is 3.99. The largest absolute Gasteiger partial charge is 0.507 e. The summed E-state index contributed by atoms with van der Waals surface area (Å²) >= 11 is 2.79. The highest BCUT2D eigenvalue weighted by Gasteiger charge is 2.48. The molecule has 6 nitrogen and oxygen atoms in total. The molecule has 1 amide bonds. The van der Waals surface area contributed by atoms with E-state index in [9.17, 15) is 14.7 Å². The summed E-state index contributed by atoms with van der Waals surface area (Å²) in [5.74, 6) is -1.13. The molecule has 166 valence electrons. The number of aryl methyl sites for hydroxylation is 2. The molecule has 3 heterocycles. The molecule has 2 aromatic carbocycles. The number of nitrogens with zero attached hydrogens (tertiary/aromatic N) is 2. The first kappa shape index (κ1) is 21.4. The van der Waals surface area contributed by atoms with Crippen molar-refractivity contribution < 1.29 is 19.4 Å². The van der Waals surface area contributed by atoms with E-state index >= 15 is 0 Å². The zero-order valence-corrected chi connectivity index (χ0v) is 19.8. The first-order chi connectivity index (χ1) is 15.9. The summed E-state index contributed by atoms with van der Waals surface area (Å²) in [4.78, 5) is 33.4. The smallest absolute Gasteiger partial charge is 0.301 e. The van der Waals surface area contributed by atoms with Gasteiger partial charge in [0.1, 0.15) is 17.6 Å². The van der Waals surface area contributed by atoms with Crippen molar-refractivity contribution in [3.8, 4) is 5.75 Å². The van der Waals surface area contributed by atoms with E-state index in [4.69, 9.17) is 9.72 Å². The number of hydrogen-bond acceptors (Lipinski definition) is 7. The molecule has 1 fully saturated rings. The number of aliphatic hydroxyl groups is 1. The predicted molar refractivity (Wildman–Crippen MR) is 131 cm³/mol. The Balaban J connectivity index is 1.72. The highest BCUT2D eigenvalue weighted by molar-refractivity contribution is 7.22. The molecule has 1 atom stereocenters. The molecule has 0 radical (unpaired) electrons. The van der Waals surface area contributed by atoms with E-state index in [0.29, 0.717) is 16.4 Å². The number of methoxy groups -OCH3 is 1. The average Bonchev–Trinajstić information content (AvgIpc) is 3.52. The number of thiophene rings is 1. The Hall–Kier alpha value is -3.49. The number of fused-ring (bicyclic) bond motifs is 1. The van der Waals surface area contributed by atoms with Gasteiger partial charge in [0.15, 0.2) is 5.13 Å². The SMILES string of the molecule is COc1cccc(C(O)=C2C(=O)C(=O)N(c3nc4c(C)cc(C)cc4s3)C2c2cccs2)c1. The third-order valence-corrected chi connectivity index (χ3v) is 7.55. The molecule has 1 unspecified atom stereocenters. The fraction of sp³-hybridized carbons (Fsp3) is 0.160. The Kier molecular flexibility index (Phi) is 5.26. The summed E-state index contributed by atoms with van der Waals surface area (Å²) in [5, 5.41) is 13.5. The van der Waals surface area contributed by atoms with E-state index in [-0.39, 0.29) is 11.3 Å². The number of aliphatic hydroxyl groups excluding tert-OH is 1. The van der Waals surface area contributed by atoms with Crippen LogP contribution in [0.1, 0.15) is 27.6 Å². The lowest BCUT2D eigenvalue weighted by Gasteiger charge is -2.21. The summed E-state index contributed by atoms with van der Waals surface area (Å²) in [5.41, 5.74) is 3.37. The van der Waals surface area contributed by atoms with Crippen molar-refractivity contribution >= 4 is 55.5 Å². The van der Waals surface area contributed by atoms with Crippen molar-refractivity contribution in [1.82, 2.24) is 4.98 Å². The number of Topliss-reactive ketones (excluding diaryl/α,β-unsaturated/α-hetero) is 1. The third kappa shape index (κ3) is 3.51. The van der Waals surface area contributed by atoms with E-state index in [1.165, 1.54) is 34.7 Å². The number of benzene rings is 2. The quantitative estimate of drug-likeness (QED) is 0.235. The third-order valence-electron chi connectivity index (χ3n) is 5.62. The number of ketones is 1. The van der Waals surface area contributed by atoms with Gasteiger partial charge < -0.3 is 9.84 Å². The van der Waals surface area contributed by atoms with Crippen LogP contribution in [0.5, 0.6) is 5.75 Å². The monoisotopic (exact) mass is 476 g/mol. The van der Waals surface area contributed by atoms with Crippen LogP contribution in [0.4, 0.5) is 5.13 Å². The zero-order valence-electron chi connectivity index (χ0n) is 18.2. The number of ether oxygens (including phenoxy) is 1. The Morgan fingerprint density at radius 3 is 2.67 bits per heavy atom. The number of amides is 1. The zero-order chi connectivity index (χ0) is 23.3. The first-order valence-electron chi connectivity index (χ1n) is 10.3. The second kappa shape index (κ2) is 8.13. The molecule has 1 saturated heterocycles. The van der Waals surface area contributed by atoms with Gasteiger partial charge in [0.2, 0.25) is 0 Å². The minimum absolute atomic E-state index is 0.0443. The van der Waals surface area contributed by atoms with Crippen LogP contribution in [0.25, 0.3) is 16.0 Å². The summed E-state index contributed by atoms with van der Waals surface area (Å²) < 4.78 is 6.20. The van der Waals surface area contributed by atoms with E-state index in [1.54, 1.807) is 24.3 Å². The van der Waals surface area contributed by atoms with Crippen molar-refractivity contribution in [2.24, 2.45) is 0 Å². The lowest BCUT2D eigenvalue weighted by Crippen LogP contribution is -2.28. The molecule has 5 rings (SSSR count). The molecule has 0 spiro atoms. The molecule has 4 aromatic rings. The van der Waals surface area contributed by atoms with Crippen molar-refractivity contribution in [3.63, 3.8) is 0 Å². The topological polar surface area (TPSA) is 79.7 Å². The highest BCUT2D eigenvalue weighted by Crippen LogP contribution is 2.45. The molecular formula is C25H20N2O4S2. The second-order valence-electron chi connectivity index (χ2n) is 7.84. The van der Waals surface area contributed by atoms with Gasteiger partial charge in [0, 0.05) is 10.4 Å². The number of aromatic nitrogens is 1. The second-order valence-corrected chi connectivity index (χ2v) is 9.83. The van der Waals surface area contributed by atoms with Crippen molar-refractivity contribution in [2.45, 2.75) is 19.9 Å². The normalized spacial score (nSPS) is 17.8. The fourth-order valence-corrected chi connectivity index (χ4v) is 6.13. The Labute approximate surface area is 198 Å². The Morgan fingerprint density at radius 1 is 1.12 bits per heavy atom. The standard InChI is InChI=1S/C25H20N2O4S2/c1-13-10-14(2)20-18(11-13)33-25(26-20)27-21(17-8-5-9-32-17)19(23(29)24(27)30)22(28)15-6-4-7-16(12-15)31-3/h4-12,21,28H,1-3H3. The molecule has 8 heteroatoms. The fourth-order valence-electron chi connectivity index (χ4n) is 4.13. The Bertz CT molecular complexity index is 1440. The Morgan fingerprint density at radius 2 is 1.94 bits per heavy atom. The van der Waals surface area contributed by atoms with Crippen molar-refractivity contribution in [3.05, 3.63) is 81.1 Å². The minimum Gasteiger partial charge on any atom is -0.507 e. The number of carbonyl (C=O) groups excluding carboxylic acids is 2. The van der Waals surface area contributed by atoms with E-state index in [0.717, 1.165) is 26.2 Å². The first-order valence-corrected chi connectivity index (χ1v) is 11.9. The molecule has 0 aliphatic carbocycles. The van der Waals surface area contributed by atoms with Gasteiger partial charge >= 0.3 is 5.91 Å². The maximum absolute atomic E-state index is 13.3. The van der Waals surface area contributed by atoms with Gasteiger partial charge in [-0.25, -0.2) is 4.98 Å². The highest BCUT2D eigenvalue weighted by atomic mass is 32.1. The van der Waals surface area contributed by atoms with Crippen molar-refractivity contribution in [1.29, 1.82) is 0 Å². The van der Waals surface area contributed by atoms with Crippen LogP contribution in [-0.4, -0.2) is 28.9 Å². The average molecular weight is 477 g/mol. The number of carbonyl (C=O) groups is 2. The van der Waals surface area contributed by atoms with Crippen LogP contribution in [0.3, 0.4) is 0 Å². The van der Waals surface area contributed by atoms with Crippen LogP contribution >= 0.6 is 22.7 Å². The van der Waals surface area contributed by atoms with Gasteiger partial charge in [0.25, 0.3) is 5.78 Å². The molecule has 33 heavy (non-hydrogen) atoms. The minimum atomic E-state index is -0.766. The van der Waals surface area contributed by atoms with Crippen LogP contribution in [-0.2, 0) is 9.59 Å². The maximum atomic E-state index is 13.3. The molecule has 0 bridgehead atoms. The molecule has 0 saturated carbocycles. The summed E-state index contributed by atoms with van der Waals surface area (Å²) in [6, 6.07) is 13.8. The summed E-state index contributed by atoms with van der Waals surface area (Å²) in [7, 11) is 1.53. The number of rotatable bonds is 4. The number of thiazole rings is 1. The van der Waals surface area contributed by atoms with Crippen LogP contribution in [0, 0.1) is 13.8 Å². The van der Waals surface area contributed by atoms with Crippen LogP contribution in [0.2, 0.25) is 0 Å². The number of anilines is 1. The van der Waals surface area contributed by atoms with Crippen LogP contribution in [0.15, 0.2) is 59.5 Å². The molecule has 1 aliphatic rings. The van der Waals surface area contributed by atoms with E-state index in [2.05, 4.69) is 0 Å². The lowest BCUT2D eigenvalue weighted by atomic mass is 10.00. The van der Waals surface area contributed by atoms with Gasteiger partial charge in [-0.15, -0.1) is 11.3 Å². The van der Waals surface area contributed by atoms with Gasteiger partial charge in [-0.3, -0.25) is 14.5 Å². The van der Waals surface area contributed by atoms with Crippen LogP contribution < -0.4 is 9.64 Å². The van der Waals surface area contributed by atoms with Gasteiger partial charge in [-0.1, -0.05) is 35.6 Å². The summed E-state index contributed by atoms with van der Waals surface area (Å²) in [6.07, 6.45) is 0.